The van der Waals surface area contributed by atoms with Crippen LogP contribution in [0.5, 0.6) is 0 Å². The van der Waals surface area contributed by atoms with Crippen LogP contribution >= 0.6 is 0 Å². The van der Waals surface area contributed by atoms with Crippen LogP contribution in [0.2, 0.25) is 0 Å². The zero-order valence-corrected chi connectivity index (χ0v) is 15.6. The minimum absolute atomic E-state index is 1.03. The second kappa shape index (κ2) is 5.14. The Labute approximate surface area is 163 Å². The van der Waals surface area contributed by atoms with E-state index in [4.69, 9.17) is 0 Å². The molecule has 0 radical (unpaired) electrons. The van der Waals surface area contributed by atoms with E-state index in [9.17, 15) is 0 Å². The van der Waals surface area contributed by atoms with Crippen molar-refractivity contribution in [1.29, 1.82) is 0 Å². The molecule has 4 aromatic carbocycles. The van der Waals surface area contributed by atoms with Crippen LogP contribution in [0, 0.1) is 0 Å². The third kappa shape index (κ3) is 1.77. The summed E-state index contributed by atoms with van der Waals surface area (Å²) in [7, 11) is 0. The monoisotopic (exact) mass is 357 g/mol. The normalized spacial score (nSPS) is 14.0. The van der Waals surface area contributed by atoms with E-state index in [1.54, 1.807) is 0 Å². The van der Waals surface area contributed by atoms with Gasteiger partial charge in [-0.3, -0.25) is 0 Å². The molecule has 0 N–H and O–H groups in total. The highest BCUT2D eigenvalue weighted by Gasteiger charge is 2.24. The Hall–Kier alpha value is -3.32. The molecule has 1 nitrogen and oxygen atoms in total. The summed E-state index contributed by atoms with van der Waals surface area (Å²) < 4.78 is 2.46. The predicted octanol–water partition coefficient (Wildman–Crippen LogP) is 6.45. The minimum atomic E-state index is 1.03. The van der Waals surface area contributed by atoms with Crippen LogP contribution in [0.1, 0.15) is 22.3 Å². The summed E-state index contributed by atoms with van der Waals surface area (Å²) in [5, 5.41) is 2.79. The van der Waals surface area contributed by atoms with E-state index in [1.807, 2.05) is 0 Å². The summed E-state index contributed by atoms with van der Waals surface area (Å²) in [6.45, 7) is 0. The van der Waals surface area contributed by atoms with E-state index in [-0.39, 0.29) is 0 Å². The summed E-state index contributed by atoms with van der Waals surface area (Å²) >= 11 is 0. The number of fused-ring (bicyclic) bond motifs is 8. The second-order valence-corrected chi connectivity index (χ2v) is 8.13. The molecule has 2 aliphatic rings. The van der Waals surface area contributed by atoms with Crippen LogP contribution in [-0.2, 0) is 19.3 Å². The number of para-hydroxylation sites is 1. The fraction of sp³-hybridized carbons (Fsp3) is 0.111. The molecule has 0 saturated heterocycles. The Morgan fingerprint density at radius 3 is 2.36 bits per heavy atom. The molecule has 5 aromatic rings. The molecule has 2 aliphatic carbocycles. The van der Waals surface area contributed by atoms with Crippen molar-refractivity contribution in [3.8, 4) is 16.8 Å². The van der Waals surface area contributed by atoms with Gasteiger partial charge in [-0.2, -0.15) is 0 Å². The van der Waals surface area contributed by atoms with Crippen LogP contribution in [0.4, 0.5) is 0 Å². The Bertz CT molecular complexity index is 1430. The van der Waals surface area contributed by atoms with Crippen molar-refractivity contribution in [3.63, 3.8) is 0 Å². The molecule has 132 valence electrons. The highest BCUT2D eigenvalue weighted by Crippen LogP contribution is 2.44. The Morgan fingerprint density at radius 2 is 1.46 bits per heavy atom. The van der Waals surface area contributed by atoms with E-state index in [0.717, 1.165) is 6.42 Å². The van der Waals surface area contributed by atoms with Gasteiger partial charge in [-0.1, -0.05) is 54.6 Å². The van der Waals surface area contributed by atoms with Gasteiger partial charge in [-0.25, -0.2) is 0 Å². The SMILES string of the molecule is c1ccc2c(c1)Cc1c-2ccc2c1c1ccccc1n2-c1ccc2c(c1)CC2. The van der Waals surface area contributed by atoms with Crippen LogP contribution in [0.15, 0.2) is 78.9 Å². The molecule has 0 aliphatic heterocycles. The Kier molecular flexibility index (Phi) is 2.70. The molecular formula is C27H19N. The van der Waals surface area contributed by atoms with Gasteiger partial charge in [0, 0.05) is 16.5 Å². The lowest BCUT2D eigenvalue weighted by Gasteiger charge is -2.20. The lowest BCUT2D eigenvalue weighted by atomic mass is 9.88. The highest BCUT2D eigenvalue weighted by molar-refractivity contribution is 6.13. The van der Waals surface area contributed by atoms with E-state index in [2.05, 4.69) is 83.4 Å². The van der Waals surface area contributed by atoms with E-state index in [0.29, 0.717) is 0 Å². The largest absolute Gasteiger partial charge is 0.309 e. The van der Waals surface area contributed by atoms with Crippen molar-refractivity contribution in [2.75, 3.05) is 0 Å². The van der Waals surface area contributed by atoms with E-state index < -0.39 is 0 Å². The van der Waals surface area contributed by atoms with Crippen LogP contribution in [-0.4, -0.2) is 4.57 Å². The molecule has 1 aromatic heterocycles. The van der Waals surface area contributed by atoms with E-state index in [1.165, 1.54) is 73.7 Å². The van der Waals surface area contributed by atoms with Gasteiger partial charge < -0.3 is 4.57 Å². The summed E-state index contributed by atoms with van der Waals surface area (Å²) in [5.74, 6) is 0. The number of hydrogen-bond donors (Lipinski definition) is 0. The molecule has 1 heteroatoms. The molecule has 0 spiro atoms. The van der Waals surface area contributed by atoms with Crippen LogP contribution < -0.4 is 0 Å². The summed E-state index contributed by atoms with van der Waals surface area (Å²) in [5.41, 5.74) is 12.7. The van der Waals surface area contributed by atoms with Crippen molar-refractivity contribution in [1.82, 2.24) is 4.57 Å². The second-order valence-electron chi connectivity index (χ2n) is 8.13. The lowest BCUT2D eigenvalue weighted by Crippen LogP contribution is -2.09. The lowest BCUT2D eigenvalue weighted by molar-refractivity contribution is 0.836. The van der Waals surface area contributed by atoms with Gasteiger partial charge in [0.1, 0.15) is 0 Å². The van der Waals surface area contributed by atoms with Crippen LogP contribution in [0.3, 0.4) is 0 Å². The third-order valence-electron chi connectivity index (χ3n) is 6.73. The van der Waals surface area contributed by atoms with Gasteiger partial charge in [0.25, 0.3) is 0 Å². The highest BCUT2D eigenvalue weighted by atomic mass is 15.0. The molecule has 0 unspecified atom stereocenters. The molecule has 0 atom stereocenters. The zero-order valence-electron chi connectivity index (χ0n) is 15.6. The fourth-order valence-corrected chi connectivity index (χ4v) is 5.29. The maximum absolute atomic E-state index is 2.46. The average Bonchev–Trinajstić information content (AvgIpc) is 3.25. The van der Waals surface area contributed by atoms with Gasteiger partial charge >= 0.3 is 0 Å². The first-order valence-electron chi connectivity index (χ1n) is 10.1. The van der Waals surface area contributed by atoms with Gasteiger partial charge in [0.2, 0.25) is 0 Å². The van der Waals surface area contributed by atoms with Crippen molar-refractivity contribution >= 4 is 21.8 Å². The van der Waals surface area contributed by atoms with E-state index >= 15 is 0 Å². The summed E-state index contributed by atoms with van der Waals surface area (Å²) in [6, 6.07) is 29.4. The number of aryl methyl sites for hydroxylation is 2. The maximum Gasteiger partial charge on any atom is 0.0544 e. The topological polar surface area (TPSA) is 4.93 Å². The number of hydrogen-bond acceptors (Lipinski definition) is 0. The van der Waals surface area contributed by atoms with Gasteiger partial charge in [-0.05, 0) is 76.9 Å². The van der Waals surface area contributed by atoms with Crippen molar-refractivity contribution in [2.24, 2.45) is 0 Å². The first kappa shape index (κ1) is 14.7. The van der Waals surface area contributed by atoms with Gasteiger partial charge in [0.15, 0.2) is 0 Å². The number of benzene rings is 4. The molecule has 1 heterocycles. The first-order chi connectivity index (χ1) is 13.9. The number of aromatic nitrogens is 1. The number of rotatable bonds is 1. The average molecular weight is 357 g/mol. The number of nitrogens with zero attached hydrogens (tertiary/aromatic N) is 1. The standard InChI is InChI=1S/C27H19N/c1-2-6-21-19(5-1)16-24-22(21)13-14-26-27(24)23-7-3-4-8-25(23)28(26)20-12-11-17-9-10-18(17)15-20/h1-8,11-15H,9-10,16H2. The quantitative estimate of drug-likeness (QED) is 0.318. The zero-order chi connectivity index (χ0) is 18.2. The Balaban J connectivity index is 1.60. The molecule has 0 amide bonds. The van der Waals surface area contributed by atoms with Crippen molar-refractivity contribution < 1.29 is 0 Å². The van der Waals surface area contributed by atoms with Gasteiger partial charge in [0.05, 0.1) is 11.0 Å². The maximum atomic E-state index is 2.46. The molecule has 28 heavy (non-hydrogen) atoms. The Morgan fingerprint density at radius 1 is 0.607 bits per heavy atom. The summed E-state index contributed by atoms with van der Waals surface area (Å²) in [4.78, 5) is 0. The van der Waals surface area contributed by atoms with Crippen LogP contribution in [0.25, 0.3) is 38.6 Å². The van der Waals surface area contributed by atoms with Crippen molar-refractivity contribution in [2.45, 2.75) is 19.3 Å². The van der Waals surface area contributed by atoms with Gasteiger partial charge in [-0.15, -0.1) is 0 Å². The molecular weight excluding hydrogens is 338 g/mol. The summed E-state index contributed by atoms with van der Waals surface area (Å²) in [6.07, 6.45) is 3.47. The third-order valence-corrected chi connectivity index (χ3v) is 6.73. The molecule has 0 fully saturated rings. The van der Waals surface area contributed by atoms with Crippen molar-refractivity contribution in [3.05, 3.63) is 101 Å². The molecule has 0 bridgehead atoms. The molecule has 0 saturated carbocycles. The fourth-order valence-electron chi connectivity index (χ4n) is 5.29. The molecule has 7 rings (SSSR count). The smallest absolute Gasteiger partial charge is 0.0544 e. The minimum Gasteiger partial charge on any atom is -0.309 e. The predicted molar refractivity (Wildman–Crippen MR) is 116 cm³/mol. The first-order valence-corrected chi connectivity index (χ1v) is 10.1.